The van der Waals surface area contributed by atoms with E-state index < -0.39 is 21.7 Å². The molecule has 188 valence electrons. The number of benzene rings is 2. The third-order valence-electron chi connectivity index (χ3n) is 6.60. The molecular formula is C27H28FN3O4S. The number of nitrogens with one attached hydrogen (secondary N) is 1. The summed E-state index contributed by atoms with van der Waals surface area (Å²) in [6.45, 7) is 2.10. The molecule has 1 saturated carbocycles. The van der Waals surface area contributed by atoms with Crippen LogP contribution >= 0.6 is 0 Å². The van der Waals surface area contributed by atoms with Crippen molar-refractivity contribution in [2.45, 2.75) is 24.8 Å². The molecule has 2 fully saturated rings. The minimum atomic E-state index is -3.79. The van der Waals surface area contributed by atoms with E-state index in [2.05, 4.69) is 22.0 Å². The molecule has 9 heteroatoms. The first-order chi connectivity index (χ1) is 17.3. The number of carbonyl (C=O) groups is 1. The van der Waals surface area contributed by atoms with Crippen molar-refractivity contribution in [3.05, 3.63) is 95.1 Å². The number of ether oxygens (including phenoxy) is 1. The van der Waals surface area contributed by atoms with Crippen molar-refractivity contribution in [2.24, 2.45) is 5.92 Å². The maximum Gasteiger partial charge on any atom is 0.267 e. The number of amides is 1. The molecule has 1 aromatic heterocycles. The quantitative estimate of drug-likeness (QED) is 0.471. The Morgan fingerprint density at radius 2 is 1.78 bits per heavy atom. The summed E-state index contributed by atoms with van der Waals surface area (Å²) in [4.78, 5) is 18.8. The fourth-order valence-electron chi connectivity index (χ4n) is 4.74. The second-order valence-electron chi connectivity index (χ2n) is 9.57. The van der Waals surface area contributed by atoms with E-state index in [0.29, 0.717) is 12.4 Å². The van der Waals surface area contributed by atoms with Crippen molar-refractivity contribution in [3.63, 3.8) is 0 Å². The van der Waals surface area contributed by atoms with Gasteiger partial charge in [-0.1, -0.05) is 30.3 Å². The lowest BCUT2D eigenvalue weighted by molar-refractivity contribution is 0.0375. The number of sulfonamides is 1. The number of carbonyl (C=O) groups excluding carboxylic acids is 1. The molecule has 1 N–H and O–H groups in total. The van der Waals surface area contributed by atoms with E-state index in [1.807, 2.05) is 35.1 Å². The number of rotatable bonds is 9. The van der Waals surface area contributed by atoms with Crippen LogP contribution in [0.1, 0.15) is 51.8 Å². The lowest BCUT2D eigenvalue weighted by atomic mass is 9.91. The Morgan fingerprint density at radius 1 is 1.11 bits per heavy atom. The fourth-order valence-corrected chi connectivity index (χ4v) is 5.18. The molecule has 2 aromatic carbocycles. The first kappa shape index (κ1) is 24.4. The fraction of sp³-hybridized carbons (Fsp3) is 0.333. The molecule has 2 heterocycles. The number of nitrogens with zero attached hydrogens (tertiary/aromatic N) is 2. The van der Waals surface area contributed by atoms with Gasteiger partial charge in [0.15, 0.2) is 0 Å². The van der Waals surface area contributed by atoms with Crippen LogP contribution in [0, 0.1) is 11.7 Å². The summed E-state index contributed by atoms with van der Waals surface area (Å²) >= 11 is 0. The van der Waals surface area contributed by atoms with E-state index in [4.69, 9.17) is 4.74 Å². The van der Waals surface area contributed by atoms with Crippen molar-refractivity contribution in [2.75, 3.05) is 26.0 Å². The van der Waals surface area contributed by atoms with Gasteiger partial charge >= 0.3 is 0 Å². The van der Waals surface area contributed by atoms with E-state index in [0.717, 1.165) is 37.8 Å². The molecule has 7 nitrogen and oxygen atoms in total. The van der Waals surface area contributed by atoms with Gasteiger partial charge in [-0.2, -0.15) is 0 Å². The highest BCUT2D eigenvalue weighted by Crippen LogP contribution is 2.45. The van der Waals surface area contributed by atoms with Gasteiger partial charge in [0, 0.05) is 37.5 Å². The third-order valence-corrected chi connectivity index (χ3v) is 7.16. The summed E-state index contributed by atoms with van der Waals surface area (Å²) in [7, 11) is -3.79. The molecule has 36 heavy (non-hydrogen) atoms. The zero-order valence-corrected chi connectivity index (χ0v) is 20.7. The minimum Gasteiger partial charge on any atom is -0.493 e. The molecule has 1 unspecified atom stereocenters. The van der Waals surface area contributed by atoms with Gasteiger partial charge in [0.2, 0.25) is 10.0 Å². The molecule has 3 aromatic rings. The Kier molecular flexibility index (Phi) is 6.77. The smallest absolute Gasteiger partial charge is 0.267 e. The van der Waals surface area contributed by atoms with Crippen LogP contribution in [0.2, 0.25) is 0 Å². The predicted octanol–water partition coefficient (Wildman–Crippen LogP) is 3.89. The average molecular weight is 510 g/mol. The van der Waals surface area contributed by atoms with Gasteiger partial charge in [-0.3, -0.25) is 14.7 Å². The van der Waals surface area contributed by atoms with E-state index in [-0.39, 0.29) is 23.4 Å². The Bertz CT molecular complexity index is 1300. The van der Waals surface area contributed by atoms with Crippen molar-refractivity contribution in [1.29, 1.82) is 0 Å². The van der Waals surface area contributed by atoms with Gasteiger partial charge in [-0.15, -0.1) is 0 Å². The second-order valence-corrected chi connectivity index (χ2v) is 11.3. The lowest BCUT2D eigenvalue weighted by Crippen LogP contribution is -2.51. The highest BCUT2D eigenvalue weighted by molar-refractivity contribution is 7.89. The van der Waals surface area contributed by atoms with Gasteiger partial charge in [-0.05, 0) is 53.6 Å². The molecule has 1 atom stereocenters. The number of aromatic nitrogens is 1. The average Bonchev–Trinajstić information content (AvgIpc) is 3.66. The third kappa shape index (κ3) is 5.57. The Balaban J connectivity index is 1.27. The lowest BCUT2D eigenvalue weighted by Gasteiger charge is -2.44. The van der Waals surface area contributed by atoms with E-state index >= 15 is 0 Å². The molecule has 0 radical (unpaired) electrons. The number of hydrogen-bond donors (Lipinski definition) is 1. The molecule has 1 amide bonds. The second kappa shape index (κ2) is 9.99. The van der Waals surface area contributed by atoms with Crippen LogP contribution in [-0.2, 0) is 10.0 Å². The maximum atomic E-state index is 14.8. The van der Waals surface area contributed by atoms with E-state index in [9.17, 15) is 17.6 Å². The molecule has 1 aliphatic heterocycles. The van der Waals surface area contributed by atoms with E-state index in [1.165, 1.54) is 23.3 Å². The maximum absolute atomic E-state index is 14.8. The Labute approximate surface area is 210 Å². The minimum absolute atomic E-state index is 0.123. The van der Waals surface area contributed by atoms with Crippen LogP contribution in [0.4, 0.5) is 4.39 Å². The van der Waals surface area contributed by atoms with Crippen LogP contribution in [0.5, 0.6) is 5.75 Å². The van der Waals surface area contributed by atoms with Crippen molar-refractivity contribution < 1.29 is 22.3 Å². The summed E-state index contributed by atoms with van der Waals surface area (Å²) in [5.41, 5.74) is 2.86. The SMILES string of the molecule is CS(=O)(=O)NC(=O)c1cc(C2CC2)c(OCC2CN(C(c3ccccc3)c3ccncc3)C2)cc1F. The molecule has 0 bridgehead atoms. The number of halogens is 1. The number of likely N-dealkylation sites (tertiary alicyclic amines) is 1. The summed E-state index contributed by atoms with van der Waals surface area (Å²) in [5.74, 6) is -0.870. The van der Waals surface area contributed by atoms with Crippen LogP contribution < -0.4 is 9.46 Å². The largest absolute Gasteiger partial charge is 0.493 e. The number of hydrogen-bond acceptors (Lipinski definition) is 6. The Hall–Kier alpha value is -3.30. The van der Waals surface area contributed by atoms with Gasteiger partial charge in [-0.25, -0.2) is 17.5 Å². The molecule has 2 aliphatic rings. The Morgan fingerprint density at radius 3 is 2.42 bits per heavy atom. The van der Waals surface area contributed by atoms with E-state index in [1.54, 1.807) is 12.4 Å². The van der Waals surface area contributed by atoms with Crippen LogP contribution in [0.15, 0.2) is 67.0 Å². The first-order valence-corrected chi connectivity index (χ1v) is 13.8. The van der Waals surface area contributed by atoms with Crippen molar-refractivity contribution in [1.82, 2.24) is 14.6 Å². The molecule has 0 spiro atoms. The van der Waals surface area contributed by atoms with Crippen LogP contribution in [0.25, 0.3) is 0 Å². The van der Waals surface area contributed by atoms with Crippen molar-refractivity contribution in [3.8, 4) is 5.75 Å². The van der Waals surface area contributed by atoms with Gasteiger partial charge in [0.05, 0.1) is 24.5 Å². The van der Waals surface area contributed by atoms with Crippen LogP contribution in [-0.4, -0.2) is 50.2 Å². The summed E-state index contributed by atoms with van der Waals surface area (Å²) < 4.78 is 45.5. The zero-order chi connectivity index (χ0) is 25.3. The monoisotopic (exact) mass is 509 g/mol. The topological polar surface area (TPSA) is 88.6 Å². The van der Waals surface area contributed by atoms with Gasteiger partial charge in [0.25, 0.3) is 5.91 Å². The van der Waals surface area contributed by atoms with Crippen molar-refractivity contribution >= 4 is 15.9 Å². The molecule has 5 rings (SSSR count). The van der Waals surface area contributed by atoms with Crippen LogP contribution in [0.3, 0.4) is 0 Å². The first-order valence-electron chi connectivity index (χ1n) is 12.0. The summed E-state index contributed by atoms with van der Waals surface area (Å²) in [6, 6.07) is 17.2. The highest BCUT2D eigenvalue weighted by atomic mass is 32.2. The molecule has 1 aliphatic carbocycles. The standard InChI is InChI=1S/C27H28FN3O4S/c1-36(33,34)30-27(32)23-13-22(19-7-8-19)25(14-24(23)28)35-17-18-15-31(16-18)26(20-5-3-2-4-6-20)21-9-11-29-12-10-21/h2-6,9-14,18-19,26H,7-8,15-17H2,1H3,(H,30,32). The van der Waals surface area contributed by atoms with Gasteiger partial charge < -0.3 is 4.74 Å². The summed E-state index contributed by atoms with van der Waals surface area (Å²) in [6.07, 6.45) is 6.33. The van der Waals surface area contributed by atoms with Gasteiger partial charge in [0.1, 0.15) is 11.6 Å². The highest BCUT2D eigenvalue weighted by Gasteiger charge is 2.35. The molecule has 1 saturated heterocycles. The zero-order valence-electron chi connectivity index (χ0n) is 19.9. The normalized spacial score (nSPS) is 17.3. The number of pyridine rings is 1. The summed E-state index contributed by atoms with van der Waals surface area (Å²) in [5, 5.41) is 0. The predicted molar refractivity (Wildman–Crippen MR) is 134 cm³/mol. The molecular weight excluding hydrogens is 481 g/mol.